The van der Waals surface area contributed by atoms with Crippen LogP contribution in [0, 0.1) is 0 Å². The van der Waals surface area contributed by atoms with Gasteiger partial charge in [0.1, 0.15) is 16.8 Å². The number of halogens is 2. The minimum absolute atomic E-state index is 0.0481. The zero-order valence-corrected chi connectivity index (χ0v) is 22.1. The number of alkyl halides is 2. The summed E-state index contributed by atoms with van der Waals surface area (Å²) in [6.07, 6.45) is 2.98. The molecule has 0 spiro atoms. The highest BCUT2D eigenvalue weighted by molar-refractivity contribution is 6.09. The van der Waals surface area contributed by atoms with Crippen molar-refractivity contribution in [3.05, 3.63) is 53.6 Å². The van der Waals surface area contributed by atoms with Crippen LogP contribution in [-0.4, -0.2) is 40.2 Å². The normalized spacial score (nSPS) is 15.8. The molecule has 1 fully saturated rings. The summed E-state index contributed by atoms with van der Waals surface area (Å²) in [5, 5.41) is 7.96. The number of nitrogens with one attached hydrogen (secondary N) is 2. The number of nitrogens with two attached hydrogens (primary N) is 1. The Morgan fingerprint density at radius 1 is 1.13 bits per heavy atom. The van der Waals surface area contributed by atoms with Crippen molar-refractivity contribution in [2.45, 2.75) is 70.5 Å². The molecule has 2 heterocycles. The molecular weight excluding hydrogens is 486 g/mol. The van der Waals surface area contributed by atoms with Gasteiger partial charge >= 0.3 is 0 Å². The first-order valence-corrected chi connectivity index (χ1v) is 13.4. The van der Waals surface area contributed by atoms with Gasteiger partial charge in [-0.25, -0.2) is 13.8 Å². The number of methoxy groups -OCH3 is 1. The van der Waals surface area contributed by atoms with Gasteiger partial charge in [0.15, 0.2) is 5.82 Å². The first-order valence-electron chi connectivity index (χ1n) is 13.4. The van der Waals surface area contributed by atoms with Crippen LogP contribution in [0.5, 0.6) is 5.75 Å². The van der Waals surface area contributed by atoms with E-state index in [2.05, 4.69) is 50.3 Å². The third kappa shape index (κ3) is 5.53. The predicted octanol–water partition coefficient (Wildman–Crippen LogP) is 6.10. The second kappa shape index (κ2) is 11.1. The fraction of sp³-hybridized carbons (Fsp3) is 0.448. The minimum Gasteiger partial charge on any atom is -0.496 e. The van der Waals surface area contributed by atoms with Crippen molar-refractivity contribution in [1.82, 2.24) is 19.9 Å². The molecule has 5 rings (SSSR count). The van der Waals surface area contributed by atoms with Crippen molar-refractivity contribution in [1.29, 1.82) is 0 Å². The number of para-hydroxylation sites is 1. The Balaban J connectivity index is 1.48. The fourth-order valence-electron chi connectivity index (χ4n) is 5.36. The number of nitrogens with zero attached hydrogens (tertiary/aromatic N) is 3. The van der Waals surface area contributed by atoms with Gasteiger partial charge in [0.25, 0.3) is 0 Å². The highest BCUT2D eigenvalue weighted by atomic mass is 19.3. The molecule has 2 aromatic carbocycles. The number of fused-ring (bicyclic) bond motifs is 3. The van der Waals surface area contributed by atoms with Crippen molar-refractivity contribution in [2.24, 2.45) is 0 Å². The molecule has 0 unspecified atom stereocenters. The molecule has 9 heteroatoms. The molecule has 4 aromatic rings. The van der Waals surface area contributed by atoms with E-state index in [0.717, 1.165) is 64.0 Å². The molecule has 38 heavy (non-hydrogen) atoms. The van der Waals surface area contributed by atoms with Crippen LogP contribution < -0.4 is 21.1 Å². The molecule has 4 N–H and O–H groups in total. The first kappa shape index (κ1) is 26.2. The Bertz CT molecular complexity index is 1410. The average Bonchev–Trinajstić information content (AvgIpc) is 3.21. The summed E-state index contributed by atoms with van der Waals surface area (Å²) >= 11 is 0. The van der Waals surface area contributed by atoms with E-state index in [0.29, 0.717) is 25.9 Å². The van der Waals surface area contributed by atoms with Crippen LogP contribution in [0.1, 0.15) is 56.6 Å². The Kier molecular flexibility index (Phi) is 7.65. The van der Waals surface area contributed by atoms with Gasteiger partial charge in [0.05, 0.1) is 19.2 Å². The van der Waals surface area contributed by atoms with Gasteiger partial charge in [-0.05, 0) is 43.0 Å². The molecule has 1 saturated carbocycles. The summed E-state index contributed by atoms with van der Waals surface area (Å²) in [7, 11) is 1.67. The average molecular weight is 523 g/mol. The smallest absolute Gasteiger partial charge is 0.248 e. The van der Waals surface area contributed by atoms with Crippen LogP contribution in [0.4, 0.5) is 20.5 Å². The zero-order valence-electron chi connectivity index (χ0n) is 22.1. The number of nitrogen functional groups attached to an aromatic ring is 1. The number of unbranched alkanes of at least 4 members (excludes halogenated alkanes) is 1. The summed E-state index contributed by atoms with van der Waals surface area (Å²) in [6.45, 7) is 4.11. The van der Waals surface area contributed by atoms with Crippen molar-refractivity contribution >= 4 is 33.7 Å². The van der Waals surface area contributed by atoms with E-state index in [1.165, 1.54) is 0 Å². The lowest BCUT2D eigenvalue weighted by Gasteiger charge is -2.29. The topological polar surface area (TPSA) is 90.0 Å². The molecule has 0 amide bonds. The molecule has 7 nitrogen and oxygen atoms in total. The van der Waals surface area contributed by atoms with Crippen LogP contribution in [0.2, 0.25) is 0 Å². The van der Waals surface area contributed by atoms with Gasteiger partial charge < -0.3 is 25.7 Å². The van der Waals surface area contributed by atoms with Crippen LogP contribution >= 0.6 is 0 Å². The van der Waals surface area contributed by atoms with Gasteiger partial charge in [-0.15, -0.1) is 0 Å². The number of ether oxygens (including phenoxy) is 1. The molecule has 0 bridgehead atoms. The maximum Gasteiger partial charge on any atom is 0.248 e. The van der Waals surface area contributed by atoms with Crippen molar-refractivity contribution in [3.63, 3.8) is 0 Å². The van der Waals surface area contributed by atoms with Gasteiger partial charge in [0, 0.05) is 42.9 Å². The lowest BCUT2D eigenvalue weighted by atomic mass is 9.92. The third-order valence-electron chi connectivity index (χ3n) is 7.43. The Labute approximate surface area is 221 Å². The maximum absolute atomic E-state index is 13.6. The summed E-state index contributed by atoms with van der Waals surface area (Å²) in [6, 6.07) is 14.4. The molecular formula is C29H36F2N6O. The monoisotopic (exact) mass is 522 g/mol. The van der Waals surface area contributed by atoms with E-state index < -0.39 is 5.92 Å². The number of rotatable bonds is 10. The number of hydrogen-bond acceptors (Lipinski definition) is 6. The van der Waals surface area contributed by atoms with Gasteiger partial charge in [0.2, 0.25) is 11.9 Å². The second-order valence-corrected chi connectivity index (χ2v) is 10.2. The highest BCUT2D eigenvalue weighted by Crippen LogP contribution is 2.35. The first-order chi connectivity index (χ1) is 18.4. The van der Waals surface area contributed by atoms with E-state index >= 15 is 0 Å². The third-order valence-corrected chi connectivity index (χ3v) is 7.43. The molecule has 0 radical (unpaired) electrons. The summed E-state index contributed by atoms with van der Waals surface area (Å²) < 4.78 is 35.1. The second-order valence-electron chi connectivity index (χ2n) is 10.2. The van der Waals surface area contributed by atoms with Gasteiger partial charge in [-0.3, -0.25) is 0 Å². The minimum atomic E-state index is -2.52. The van der Waals surface area contributed by atoms with E-state index in [1.807, 2.05) is 24.3 Å². The number of aromatic nitrogens is 3. The molecule has 1 aliphatic rings. The zero-order chi connectivity index (χ0) is 26.7. The summed E-state index contributed by atoms with van der Waals surface area (Å²) in [5.74, 6) is -0.769. The molecule has 0 aliphatic heterocycles. The van der Waals surface area contributed by atoms with Crippen LogP contribution in [0.25, 0.3) is 21.9 Å². The van der Waals surface area contributed by atoms with Crippen LogP contribution in [-0.2, 0) is 13.1 Å². The van der Waals surface area contributed by atoms with E-state index in [-0.39, 0.29) is 24.8 Å². The summed E-state index contributed by atoms with van der Waals surface area (Å²) in [4.78, 5) is 9.18. The van der Waals surface area contributed by atoms with Crippen molar-refractivity contribution < 1.29 is 13.5 Å². The Morgan fingerprint density at radius 2 is 1.92 bits per heavy atom. The summed E-state index contributed by atoms with van der Waals surface area (Å²) in [5.41, 5.74) is 11.0. The van der Waals surface area contributed by atoms with Crippen molar-refractivity contribution in [3.8, 4) is 5.75 Å². The quantitative estimate of drug-likeness (QED) is 0.218. The molecule has 2 aromatic heterocycles. The Morgan fingerprint density at radius 3 is 2.68 bits per heavy atom. The van der Waals surface area contributed by atoms with E-state index in [9.17, 15) is 8.78 Å². The number of benzene rings is 2. The number of hydrogen-bond donors (Lipinski definition) is 3. The van der Waals surface area contributed by atoms with Crippen LogP contribution in [0.3, 0.4) is 0 Å². The predicted molar refractivity (Wildman–Crippen MR) is 149 cm³/mol. The van der Waals surface area contributed by atoms with Crippen molar-refractivity contribution in [2.75, 3.05) is 24.7 Å². The molecule has 1 aliphatic carbocycles. The van der Waals surface area contributed by atoms with E-state index in [4.69, 9.17) is 10.5 Å². The van der Waals surface area contributed by atoms with Gasteiger partial charge in [-0.2, -0.15) is 4.98 Å². The van der Waals surface area contributed by atoms with Gasteiger partial charge in [-0.1, -0.05) is 37.6 Å². The standard InChI is InChI=1S/C29H36F2N6O/c1-3-4-15-33-27-26-25(35-28(32)36-27)22-7-5-6-8-23(22)37(26)18-20-16-19(9-10-24(20)38-2)17-34-21-11-13-29(30,31)14-12-21/h5-10,16,21,34H,3-4,11-15,17-18H2,1-2H3,(H3,32,33,35,36). The number of anilines is 2. The molecule has 0 saturated heterocycles. The lowest BCUT2D eigenvalue weighted by Crippen LogP contribution is -2.36. The highest BCUT2D eigenvalue weighted by Gasteiger charge is 2.34. The fourth-order valence-corrected chi connectivity index (χ4v) is 5.36. The lowest BCUT2D eigenvalue weighted by molar-refractivity contribution is -0.0405. The Hall–Kier alpha value is -3.46. The van der Waals surface area contributed by atoms with Crippen LogP contribution in [0.15, 0.2) is 42.5 Å². The maximum atomic E-state index is 13.6. The largest absolute Gasteiger partial charge is 0.496 e. The molecule has 0 atom stereocenters. The molecule has 202 valence electrons. The van der Waals surface area contributed by atoms with E-state index in [1.54, 1.807) is 7.11 Å². The SMILES string of the molecule is CCCCNc1nc(N)nc2c3ccccc3n(Cc3cc(CNC4CCC(F)(F)CC4)ccc3OC)c12.